The van der Waals surface area contributed by atoms with Crippen molar-refractivity contribution in [1.29, 1.82) is 0 Å². The topological polar surface area (TPSA) is 75.4 Å². The van der Waals surface area contributed by atoms with E-state index in [1.807, 2.05) is 31.2 Å². The van der Waals surface area contributed by atoms with Gasteiger partial charge in [0.25, 0.3) is 0 Å². The minimum absolute atomic E-state index is 0.349. The lowest BCUT2D eigenvalue weighted by Crippen LogP contribution is -2.07. The summed E-state index contributed by atoms with van der Waals surface area (Å²) in [5, 5.41) is 14.7. The normalized spacial score (nSPS) is 10.1. The van der Waals surface area contributed by atoms with E-state index < -0.39 is 6.09 Å². The molecule has 0 aliphatic heterocycles. The molecule has 0 saturated heterocycles. The third kappa shape index (κ3) is 1.88. The molecule has 2 N–H and O–H groups in total. The Bertz CT molecular complexity index is 519. The van der Waals surface area contributed by atoms with Gasteiger partial charge in [0.1, 0.15) is 17.6 Å². The summed E-state index contributed by atoms with van der Waals surface area (Å²) in [6.45, 7) is 1.93. The lowest BCUT2D eigenvalue weighted by atomic mass is 10.1. The fourth-order valence-corrected chi connectivity index (χ4v) is 1.47. The van der Waals surface area contributed by atoms with Gasteiger partial charge < -0.3 is 9.63 Å². The van der Waals surface area contributed by atoms with Gasteiger partial charge in [0.2, 0.25) is 0 Å². The Hall–Kier alpha value is -2.30. The quantitative estimate of drug-likeness (QED) is 0.812. The lowest BCUT2D eigenvalue weighted by Gasteiger charge is -2.03. The maximum absolute atomic E-state index is 10.6. The van der Waals surface area contributed by atoms with E-state index >= 15 is 0 Å². The molecule has 0 fully saturated rings. The summed E-state index contributed by atoms with van der Waals surface area (Å²) in [4.78, 5) is 10.6. The van der Waals surface area contributed by atoms with Gasteiger partial charge in [0.15, 0.2) is 0 Å². The van der Waals surface area contributed by atoms with Crippen LogP contribution < -0.4 is 5.32 Å². The van der Waals surface area contributed by atoms with E-state index in [1.165, 1.54) is 6.26 Å². The Morgan fingerprint density at radius 2 is 2.19 bits per heavy atom. The number of rotatable bonds is 2. The van der Waals surface area contributed by atoms with E-state index in [4.69, 9.17) is 9.63 Å². The highest BCUT2D eigenvalue weighted by atomic mass is 16.5. The van der Waals surface area contributed by atoms with Gasteiger partial charge in [0, 0.05) is 5.56 Å². The molecule has 0 spiro atoms. The Kier molecular flexibility index (Phi) is 2.59. The number of aryl methyl sites for hydroxylation is 1. The van der Waals surface area contributed by atoms with Crippen molar-refractivity contribution in [1.82, 2.24) is 5.16 Å². The van der Waals surface area contributed by atoms with Crippen molar-refractivity contribution in [2.45, 2.75) is 6.92 Å². The molecule has 0 aliphatic carbocycles. The van der Waals surface area contributed by atoms with E-state index in [0.29, 0.717) is 11.4 Å². The average molecular weight is 218 g/mol. The van der Waals surface area contributed by atoms with Crippen LogP contribution in [0.2, 0.25) is 0 Å². The summed E-state index contributed by atoms with van der Waals surface area (Å²) in [7, 11) is 0. The molecule has 2 aromatic rings. The summed E-state index contributed by atoms with van der Waals surface area (Å²) in [5.41, 5.74) is 2.70. The molecule has 0 bridgehead atoms. The van der Waals surface area contributed by atoms with E-state index in [2.05, 4.69) is 10.5 Å². The number of hydrogen-bond donors (Lipinski definition) is 2. The third-order valence-corrected chi connectivity index (χ3v) is 2.21. The first kappa shape index (κ1) is 10.2. The number of nitrogens with zero attached hydrogens (tertiary/aromatic N) is 1. The molecule has 5 heteroatoms. The molecule has 82 valence electrons. The summed E-state index contributed by atoms with van der Waals surface area (Å²) >= 11 is 0. The number of hydrogen-bond acceptors (Lipinski definition) is 3. The van der Waals surface area contributed by atoms with Crippen LogP contribution in [0.4, 0.5) is 10.5 Å². The zero-order chi connectivity index (χ0) is 11.5. The van der Waals surface area contributed by atoms with Crippen LogP contribution in [0.15, 0.2) is 35.1 Å². The van der Waals surface area contributed by atoms with Crippen LogP contribution in [0.1, 0.15) is 5.56 Å². The second-order valence-electron chi connectivity index (χ2n) is 3.32. The molecule has 16 heavy (non-hydrogen) atoms. The zero-order valence-corrected chi connectivity index (χ0v) is 8.60. The number of nitrogens with one attached hydrogen (secondary N) is 1. The van der Waals surface area contributed by atoms with Gasteiger partial charge in [0.05, 0.1) is 0 Å². The van der Waals surface area contributed by atoms with Crippen molar-refractivity contribution in [3.8, 4) is 11.3 Å². The van der Waals surface area contributed by atoms with Crippen LogP contribution in [0.25, 0.3) is 11.3 Å². The van der Waals surface area contributed by atoms with E-state index in [-0.39, 0.29) is 0 Å². The number of anilines is 1. The first-order valence-corrected chi connectivity index (χ1v) is 4.69. The predicted octanol–water partition coefficient (Wildman–Crippen LogP) is 2.74. The van der Waals surface area contributed by atoms with E-state index in [1.54, 1.807) is 0 Å². The number of benzene rings is 1. The molecule has 1 aromatic heterocycles. The van der Waals surface area contributed by atoms with Gasteiger partial charge in [-0.1, -0.05) is 29.4 Å². The van der Waals surface area contributed by atoms with Crippen molar-refractivity contribution in [2.75, 3.05) is 5.32 Å². The highest BCUT2D eigenvalue weighted by molar-refractivity contribution is 5.89. The van der Waals surface area contributed by atoms with E-state index in [0.717, 1.165) is 11.1 Å². The van der Waals surface area contributed by atoms with Crippen LogP contribution in [0.3, 0.4) is 0 Å². The van der Waals surface area contributed by atoms with E-state index in [9.17, 15) is 4.79 Å². The van der Waals surface area contributed by atoms with Crippen molar-refractivity contribution < 1.29 is 14.4 Å². The Morgan fingerprint density at radius 1 is 1.44 bits per heavy atom. The van der Waals surface area contributed by atoms with Crippen LogP contribution in [0.5, 0.6) is 0 Å². The minimum Gasteiger partial charge on any atom is -0.465 e. The molecular formula is C11H10N2O3. The first-order valence-electron chi connectivity index (χ1n) is 4.69. The molecule has 0 atom stereocenters. The Morgan fingerprint density at radius 3 is 2.88 bits per heavy atom. The molecule has 0 saturated carbocycles. The van der Waals surface area contributed by atoms with Crippen LogP contribution in [-0.2, 0) is 0 Å². The summed E-state index contributed by atoms with van der Waals surface area (Å²) in [6, 6.07) is 7.56. The third-order valence-electron chi connectivity index (χ3n) is 2.21. The summed E-state index contributed by atoms with van der Waals surface area (Å²) < 4.78 is 4.78. The summed E-state index contributed by atoms with van der Waals surface area (Å²) in [6.07, 6.45) is 0.133. The predicted molar refractivity (Wildman–Crippen MR) is 58.3 cm³/mol. The molecule has 0 radical (unpaired) electrons. The first-order chi connectivity index (χ1) is 7.68. The van der Waals surface area contributed by atoms with Crippen molar-refractivity contribution in [2.24, 2.45) is 0 Å². The van der Waals surface area contributed by atoms with Crippen molar-refractivity contribution in [3.63, 3.8) is 0 Å². The molecule has 2 rings (SSSR count). The SMILES string of the molecule is Cc1ccccc1-c1nocc1NC(=O)O. The zero-order valence-electron chi connectivity index (χ0n) is 8.60. The maximum atomic E-state index is 10.6. The monoisotopic (exact) mass is 218 g/mol. The lowest BCUT2D eigenvalue weighted by molar-refractivity contribution is 0.209. The summed E-state index contributed by atoms with van der Waals surface area (Å²) in [5.74, 6) is 0. The fraction of sp³-hybridized carbons (Fsp3) is 0.0909. The minimum atomic E-state index is -1.14. The van der Waals surface area contributed by atoms with Crippen LogP contribution >= 0.6 is 0 Å². The number of carboxylic acid groups (broad SMARTS) is 1. The second kappa shape index (κ2) is 4.06. The van der Waals surface area contributed by atoms with Crippen LogP contribution in [0, 0.1) is 6.92 Å². The largest absolute Gasteiger partial charge is 0.465 e. The van der Waals surface area contributed by atoms with Crippen LogP contribution in [-0.4, -0.2) is 16.4 Å². The Balaban J connectivity index is 2.45. The van der Waals surface area contributed by atoms with Crippen molar-refractivity contribution >= 4 is 11.8 Å². The number of aromatic nitrogens is 1. The molecular weight excluding hydrogens is 208 g/mol. The van der Waals surface area contributed by atoms with Gasteiger partial charge in [-0.15, -0.1) is 0 Å². The van der Waals surface area contributed by atoms with Gasteiger partial charge in [-0.2, -0.15) is 0 Å². The molecule has 0 unspecified atom stereocenters. The van der Waals surface area contributed by atoms with Crippen molar-refractivity contribution in [3.05, 3.63) is 36.1 Å². The van der Waals surface area contributed by atoms with Gasteiger partial charge in [-0.25, -0.2) is 4.79 Å². The smallest absolute Gasteiger partial charge is 0.409 e. The van der Waals surface area contributed by atoms with Gasteiger partial charge in [-0.05, 0) is 12.5 Å². The van der Waals surface area contributed by atoms with Gasteiger partial charge in [-0.3, -0.25) is 5.32 Å². The highest BCUT2D eigenvalue weighted by Gasteiger charge is 2.13. The highest BCUT2D eigenvalue weighted by Crippen LogP contribution is 2.28. The molecule has 1 heterocycles. The molecule has 1 amide bonds. The molecule has 0 aliphatic rings. The maximum Gasteiger partial charge on any atom is 0.409 e. The average Bonchev–Trinajstić information content (AvgIpc) is 2.66. The number of amides is 1. The van der Waals surface area contributed by atoms with Gasteiger partial charge >= 0.3 is 6.09 Å². The molecule has 5 nitrogen and oxygen atoms in total. The second-order valence-corrected chi connectivity index (χ2v) is 3.32. The standard InChI is InChI=1S/C11H10N2O3/c1-7-4-2-3-5-8(7)10-9(6-16-13-10)12-11(14)15/h2-6,12H,1H3,(H,14,15). The molecule has 1 aromatic carbocycles. The Labute approximate surface area is 91.7 Å². The number of carbonyl (C=O) groups is 1. The fourth-order valence-electron chi connectivity index (χ4n) is 1.47.